The second-order valence-corrected chi connectivity index (χ2v) is 6.57. The number of piperidine rings is 1. The number of rotatable bonds is 2. The lowest BCUT2D eigenvalue weighted by Crippen LogP contribution is -2.42. The third-order valence-electron chi connectivity index (χ3n) is 4.94. The van der Waals surface area contributed by atoms with E-state index in [0.29, 0.717) is 11.7 Å². The monoisotopic (exact) mass is 279 g/mol. The quantitative estimate of drug-likeness (QED) is 0.908. The van der Waals surface area contributed by atoms with Crippen LogP contribution in [0.3, 0.4) is 0 Å². The third-order valence-corrected chi connectivity index (χ3v) is 4.94. The molecule has 2 aliphatic rings. The van der Waals surface area contributed by atoms with E-state index in [1.807, 2.05) is 12.1 Å². The summed E-state index contributed by atoms with van der Waals surface area (Å²) in [5.74, 6) is 1.79. The average molecular weight is 279 g/mol. The summed E-state index contributed by atoms with van der Waals surface area (Å²) in [6, 6.07) is 16.7. The maximum atomic E-state index is 9.69. The van der Waals surface area contributed by atoms with Crippen molar-refractivity contribution < 1.29 is 5.11 Å². The van der Waals surface area contributed by atoms with E-state index in [9.17, 15) is 5.11 Å². The number of hydrogen-bond donors (Lipinski definition) is 1. The van der Waals surface area contributed by atoms with Crippen LogP contribution in [-0.2, 0) is 13.0 Å². The molecule has 2 nitrogen and oxygen atoms in total. The smallest absolute Gasteiger partial charge is 0.115 e. The topological polar surface area (TPSA) is 23.5 Å². The van der Waals surface area contributed by atoms with Crippen LogP contribution in [0.4, 0.5) is 0 Å². The van der Waals surface area contributed by atoms with Crippen LogP contribution in [0.2, 0.25) is 0 Å². The van der Waals surface area contributed by atoms with Crippen molar-refractivity contribution in [3.63, 3.8) is 0 Å². The van der Waals surface area contributed by atoms with Gasteiger partial charge in [0.05, 0.1) is 0 Å². The molecule has 0 spiro atoms. The molecule has 2 bridgehead atoms. The van der Waals surface area contributed by atoms with Gasteiger partial charge in [0.1, 0.15) is 5.75 Å². The Hall–Kier alpha value is -1.80. The van der Waals surface area contributed by atoms with E-state index in [4.69, 9.17) is 0 Å². The van der Waals surface area contributed by atoms with Gasteiger partial charge in [0, 0.05) is 19.6 Å². The highest BCUT2D eigenvalue weighted by Gasteiger charge is 2.33. The highest BCUT2D eigenvalue weighted by Crippen LogP contribution is 2.40. The van der Waals surface area contributed by atoms with Crippen LogP contribution in [0.25, 0.3) is 0 Å². The highest BCUT2D eigenvalue weighted by molar-refractivity contribution is 5.40. The number of hydrogen-bond acceptors (Lipinski definition) is 2. The van der Waals surface area contributed by atoms with Gasteiger partial charge in [-0.15, -0.1) is 0 Å². The van der Waals surface area contributed by atoms with Crippen molar-refractivity contribution in [1.82, 2.24) is 4.90 Å². The Morgan fingerprint density at radius 2 is 1.90 bits per heavy atom. The van der Waals surface area contributed by atoms with Gasteiger partial charge in [0.25, 0.3) is 0 Å². The van der Waals surface area contributed by atoms with E-state index in [0.717, 1.165) is 25.4 Å². The molecule has 1 heterocycles. The lowest BCUT2D eigenvalue weighted by atomic mass is 9.74. The minimum Gasteiger partial charge on any atom is -0.508 e. The second-order valence-electron chi connectivity index (χ2n) is 6.57. The summed E-state index contributed by atoms with van der Waals surface area (Å²) in [5, 5.41) is 9.69. The van der Waals surface area contributed by atoms with Gasteiger partial charge in [-0.1, -0.05) is 36.4 Å². The Morgan fingerprint density at radius 3 is 2.76 bits per heavy atom. The Morgan fingerprint density at radius 1 is 1.05 bits per heavy atom. The molecule has 2 aromatic rings. The fourth-order valence-electron chi connectivity index (χ4n) is 4.12. The number of phenolic OH excluding ortho intramolecular Hbond substituents is 1. The zero-order chi connectivity index (χ0) is 14.2. The van der Waals surface area contributed by atoms with Gasteiger partial charge in [0.15, 0.2) is 0 Å². The van der Waals surface area contributed by atoms with Gasteiger partial charge >= 0.3 is 0 Å². The fraction of sp³-hybridized carbons (Fsp3) is 0.368. The molecular formula is C19H21NO. The summed E-state index contributed by atoms with van der Waals surface area (Å²) < 4.78 is 0. The first-order valence-corrected chi connectivity index (χ1v) is 7.86. The van der Waals surface area contributed by atoms with Crippen molar-refractivity contribution >= 4 is 0 Å². The summed E-state index contributed by atoms with van der Waals surface area (Å²) in [6.45, 7) is 3.38. The zero-order valence-electron chi connectivity index (χ0n) is 12.2. The van der Waals surface area contributed by atoms with Crippen molar-refractivity contribution in [3.05, 3.63) is 65.2 Å². The number of fused-ring (bicyclic) bond motifs is 4. The minimum absolute atomic E-state index is 0.412. The molecule has 1 N–H and O–H groups in total. The normalized spacial score (nSPS) is 24.6. The summed E-state index contributed by atoms with van der Waals surface area (Å²) in [6.07, 6.45) is 2.43. The minimum atomic E-state index is 0.412. The number of nitrogens with zero attached hydrogens (tertiary/aromatic N) is 1. The fourth-order valence-corrected chi connectivity index (χ4v) is 4.12. The SMILES string of the molecule is Oc1ccc2c(c1)CC1CC2CN(Cc2ccccc2)C1. The summed E-state index contributed by atoms with van der Waals surface area (Å²) in [5.41, 5.74) is 4.24. The van der Waals surface area contributed by atoms with E-state index in [1.165, 1.54) is 29.7 Å². The van der Waals surface area contributed by atoms with Crippen LogP contribution < -0.4 is 0 Å². The highest BCUT2D eigenvalue weighted by atomic mass is 16.3. The van der Waals surface area contributed by atoms with Gasteiger partial charge < -0.3 is 5.11 Å². The number of benzene rings is 2. The molecule has 1 saturated heterocycles. The van der Waals surface area contributed by atoms with Crippen LogP contribution in [0, 0.1) is 5.92 Å². The molecule has 1 fully saturated rings. The number of phenols is 1. The van der Waals surface area contributed by atoms with Crippen LogP contribution in [0.1, 0.15) is 29.0 Å². The molecule has 1 aliphatic carbocycles. The van der Waals surface area contributed by atoms with Gasteiger partial charge in [-0.3, -0.25) is 4.90 Å². The van der Waals surface area contributed by atoms with E-state index in [1.54, 1.807) is 0 Å². The molecule has 2 heteroatoms. The Balaban J connectivity index is 1.55. The Labute approximate surface area is 126 Å². The average Bonchev–Trinajstić information content (AvgIpc) is 2.47. The molecule has 108 valence electrons. The molecular weight excluding hydrogens is 258 g/mol. The molecule has 4 rings (SSSR count). The first-order valence-electron chi connectivity index (χ1n) is 7.86. The van der Waals surface area contributed by atoms with E-state index in [2.05, 4.69) is 41.3 Å². The van der Waals surface area contributed by atoms with E-state index in [-0.39, 0.29) is 0 Å². The molecule has 0 saturated carbocycles. The van der Waals surface area contributed by atoms with Crippen LogP contribution >= 0.6 is 0 Å². The van der Waals surface area contributed by atoms with Gasteiger partial charge in [0.2, 0.25) is 0 Å². The Bertz CT molecular complexity index is 637. The van der Waals surface area contributed by atoms with E-state index < -0.39 is 0 Å². The first-order chi connectivity index (χ1) is 10.3. The molecule has 1 aliphatic heterocycles. The first kappa shape index (κ1) is 12.9. The number of aromatic hydroxyl groups is 1. The van der Waals surface area contributed by atoms with Crippen molar-refractivity contribution in [2.24, 2.45) is 5.92 Å². The lowest BCUT2D eigenvalue weighted by Gasteiger charge is -2.42. The lowest BCUT2D eigenvalue weighted by molar-refractivity contribution is 0.138. The number of likely N-dealkylation sites (tertiary alicyclic amines) is 1. The largest absolute Gasteiger partial charge is 0.508 e. The van der Waals surface area contributed by atoms with Crippen molar-refractivity contribution in [2.45, 2.75) is 25.3 Å². The molecule has 0 amide bonds. The zero-order valence-corrected chi connectivity index (χ0v) is 12.2. The van der Waals surface area contributed by atoms with Crippen LogP contribution in [0.15, 0.2) is 48.5 Å². The predicted octanol–water partition coefficient (Wildman–Crippen LogP) is 3.55. The molecule has 0 radical (unpaired) electrons. The molecule has 2 atom stereocenters. The molecule has 2 aromatic carbocycles. The van der Waals surface area contributed by atoms with Gasteiger partial charge in [-0.2, -0.15) is 0 Å². The molecule has 0 aromatic heterocycles. The standard InChI is InChI=1S/C19H21NO/c21-18-6-7-19-16(10-18)8-15-9-17(19)13-20(12-15)11-14-4-2-1-3-5-14/h1-7,10,15,17,21H,8-9,11-13H2. The van der Waals surface area contributed by atoms with Gasteiger partial charge in [-0.05, 0) is 53.5 Å². The maximum absolute atomic E-state index is 9.69. The second kappa shape index (κ2) is 5.19. The van der Waals surface area contributed by atoms with Crippen molar-refractivity contribution in [1.29, 1.82) is 0 Å². The molecule has 2 unspecified atom stereocenters. The maximum Gasteiger partial charge on any atom is 0.115 e. The predicted molar refractivity (Wildman–Crippen MR) is 84.4 cm³/mol. The van der Waals surface area contributed by atoms with Crippen LogP contribution in [0.5, 0.6) is 5.75 Å². The van der Waals surface area contributed by atoms with Crippen molar-refractivity contribution in [3.8, 4) is 5.75 Å². The van der Waals surface area contributed by atoms with Gasteiger partial charge in [-0.25, -0.2) is 0 Å². The Kier molecular flexibility index (Phi) is 3.19. The van der Waals surface area contributed by atoms with Crippen LogP contribution in [-0.4, -0.2) is 23.1 Å². The summed E-state index contributed by atoms with van der Waals surface area (Å²) in [7, 11) is 0. The van der Waals surface area contributed by atoms with E-state index >= 15 is 0 Å². The third kappa shape index (κ3) is 2.56. The molecule has 21 heavy (non-hydrogen) atoms. The summed E-state index contributed by atoms with van der Waals surface area (Å²) >= 11 is 0. The summed E-state index contributed by atoms with van der Waals surface area (Å²) in [4.78, 5) is 2.60. The van der Waals surface area contributed by atoms with Crippen molar-refractivity contribution in [2.75, 3.05) is 13.1 Å².